The van der Waals surface area contributed by atoms with Crippen molar-refractivity contribution in [1.29, 1.82) is 0 Å². The van der Waals surface area contributed by atoms with Gasteiger partial charge in [-0.3, -0.25) is 4.18 Å². The predicted octanol–water partition coefficient (Wildman–Crippen LogP) is 1.02. The van der Waals surface area contributed by atoms with Gasteiger partial charge in [-0.05, 0) is 10.7 Å². The first-order valence-corrected chi connectivity index (χ1v) is 8.44. The van der Waals surface area contributed by atoms with Crippen LogP contribution in [0.3, 0.4) is 0 Å². The fourth-order valence-electron chi connectivity index (χ4n) is 1.30. The van der Waals surface area contributed by atoms with Crippen molar-refractivity contribution < 1.29 is 17.5 Å². The Morgan fingerprint density at radius 1 is 1.58 bits per heavy atom. The van der Waals surface area contributed by atoms with Crippen LogP contribution in [0.4, 0.5) is 5.82 Å². The standard InChI is InChI=1S/C9H15N3O5S2/c1-3-18-5-4-11-8(7-17-19(2,15)16)6-9(10-11)12(13)14/h6H,3-5,7H2,1-2H3. The van der Waals surface area contributed by atoms with Crippen LogP contribution in [0.15, 0.2) is 6.07 Å². The predicted molar refractivity (Wildman–Crippen MR) is 71.5 cm³/mol. The number of nitro groups is 1. The highest BCUT2D eigenvalue weighted by atomic mass is 32.2. The average Bonchev–Trinajstić information content (AvgIpc) is 2.69. The van der Waals surface area contributed by atoms with Crippen LogP contribution in [0.25, 0.3) is 0 Å². The van der Waals surface area contributed by atoms with E-state index in [4.69, 9.17) is 0 Å². The Kier molecular flexibility index (Phi) is 5.76. The second-order valence-corrected chi connectivity index (χ2v) is 6.68. The van der Waals surface area contributed by atoms with Gasteiger partial charge < -0.3 is 10.1 Å². The summed E-state index contributed by atoms with van der Waals surface area (Å²) in [7, 11) is -3.59. The first-order chi connectivity index (χ1) is 8.83. The van der Waals surface area contributed by atoms with Crippen molar-refractivity contribution in [2.24, 2.45) is 0 Å². The van der Waals surface area contributed by atoms with E-state index in [-0.39, 0.29) is 12.4 Å². The number of thioether (sulfide) groups is 1. The average molecular weight is 309 g/mol. The molecule has 0 spiro atoms. The van der Waals surface area contributed by atoms with Crippen molar-refractivity contribution in [1.82, 2.24) is 9.78 Å². The maximum atomic E-state index is 10.9. The Bertz CT molecular complexity index is 540. The summed E-state index contributed by atoms with van der Waals surface area (Å²) >= 11 is 1.66. The number of hydrogen-bond donors (Lipinski definition) is 0. The fraction of sp³-hybridized carbons (Fsp3) is 0.667. The van der Waals surface area contributed by atoms with Gasteiger partial charge in [-0.15, -0.1) is 0 Å². The van der Waals surface area contributed by atoms with Crippen LogP contribution in [0.2, 0.25) is 0 Å². The van der Waals surface area contributed by atoms with Crippen molar-refractivity contribution in [3.05, 3.63) is 21.9 Å². The minimum atomic E-state index is -3.59. The van der Waals surface area contributed by atoms with Gasteiger partial charge in [0.15, 0.2) is 0 Å². The third-order valence-corrected chi connectivity index (χ3v) is 3.54. The van der Waals surface area contributed by atoms with Gasteiger partial charge in [0.25, 0.3) is 10.1 Å². The normalized spacial score (nSPS) is 11.7. The van der Waals surface area contributed by atoms with Crippen LogP contribution in [0, 0.1) is 10.1 Å². The Morgan fingerprint density at radius 3 is 2.79 bits per heavy atom. The molecule has 0 bridgehead atoms. The highest BCUT2D eigenvalue weighted by Gasteiger charge is 2.19. The minimum Gasteiger partial charge on any atom is -0.358 e. The summed E-state index contributed by atoms with van der Waals surface area (Å²) in [6, 6.07) is 1.22. The Balaban J connectivity index is 2.83. The van der Waals surface area contributed by atoms with Gasteiger partial charge in [-0.2, -0.15) is 24.9 Å². The lowest BCUT2D eigenvalue weighted by Gasteiger charge is -2.02. The lowest BCUT2D eigenvalue weighted by molar-refractivity contribution is -0.389. The van der Waals surface area contributed by atoms with E-state index in [2.05, 4.69) is 9.28 Å². The van der Waals surface area contributed by atoms with Gasteiger partial charge in [0.2, 0.25) is 0 Å². The van der Waals surface area contributed by atoms with Crippen LogP contribution in [-0.4, -0.2) is 40.9 Å². The van der Waals surface area contributed by atoms with Crippen LogP contribution in [0.5, 0.6) is 0 Å². The molecular weight excluding hydrogens is 294 g/mol. The lowest BCUT2D eigenvalue weighted by Crippen LogP contribution is -2.10. The summed E-state index contributed by atoms with van der Waals surface area (Å²) in [6.07, 6.45) is 0.926. The second kappa shape index (κ2) is 6.87. The van der Waals surface area contributed by atoms with E-state index in [0.29, 0.717) is 12.2 Å². The monoisotopic (exact) mass is 309 g/mol. The molecule has 0 atom stereocenters. The molecule has 0 N–H and O–H groups in total. The summed E-state index contributed by atoms with van der Waals surface area (Å²) < 4.78 is 27.9. The van der Waals surface area contributed by atoms with E-state index >= 15 is 0 Å². The van der Waals surface area contributed by atoms with E-state index in [1.54, 1.807) is 11.8 Å². The third kappa shape index (κ3) is 5.57. The zero-order valence-electron chi connectivity index (χ0n) is 10.6. The van der Waals surface area contributed by atoms with E-state index < -0.39 is 15.0 Å². The molecule has 0 amide bonds. The van der Waals surface area contributed by atoms with Crippen molar-refractivity contribution in [2.45, 2.75) is 20.1 Å². The summed E-state index contributed by atoms with van der Waals surface area (Å²) in [5.41, 5.74) is 0.369. The van der Waals surface area contributed by atoms with Crippen LogP contribution in [-0.2, 0) is 27.5 Å². The van der Waals surface area contributed by atoms with Gasteiger partial charge in [0, 0.05) is 5.75 Å². The SMILES string of the molecule is CCSCCn1nc([N+](=O)[O-])cc1COS(C)(=O)=O. The first kappa shape index (κ1) is 15.9. The molecule has 0 radical (unpaired) electrons. The van der Waals surface area contributed by atoms with E-state index in [1.165, 1.54) is 10.7 Å². The third-order valence-electron chi connectivity index (χ3n) is 2.11. The number of aryl methyl sites for hydroxylation is 1. The van der Waals surface area contributed by atoms with Gasteiger partial charge in [0.05, 0.1) is 29.7 Å². The van der Waals surface area contributed by atoms with Gasteiger partial charge >= 0.3 is 5.82 Å². The largest absolute Gasteiger partial charge is 0.390 e. The molecule has 0 aromatic carbocycles. The van der Waals surface area contributed by atoms with Gasteiger partial charge in [-0.1, -0.05) is 6.92 Å². The smallest absolute Gasteiger partial charge is 0.358 e. The Hall–Kier alpha value is -1.13. The molecule has 1 aromatic rings. The van der Waals surface area contributed by atoms with Crippen LogP contribution < -0.4 is 0 Å². The van der Waals surface area contributed by atoms with Crippen molar-refractivity contribution in [3.63, 3.8) is 0 Å². The van der Waals surface area contributed by atoms with Gasteiger partial charge in [-0.25, -0.2) is 0 Å². The molecule has 10 heteroatoms. The van der Waals surface area contributed by atoms with Crippen molar-refractivity contribution in [2.75, 3.05) is 17.8 Å². The first-order valence-electron chi connectivity index (χ1n) is 5.46. The topological polar surface area (TPSA) is 104 Å². The molecule has 1 aromatic heterocycles. The maximum Gasteiger partial charge on any atom is 0.390 e. The van der Waals surface area contributed by atoms with Crippen LogP contribution >= 0.6 is 11.8 Å². The minimum absolute atomic E-state index is 0.254. The molecule has 1 heterocycles. The van der Waals surface area contributed by atoms with Crippen molar-refractivity contribution in [3.8, 4) is 0 Å². The fourth-order valence-corrected chi connectivity index (χ4v) is 2.23. The number of hydrogen-bond acceptors (Lipinski definition) is 7. The zero-order chi connectivity index (χ0) is 14.5. The highest BCUT2D eigenvalue weighted by molar-refractivity contribution is 7.99. The lowest BCUT2D eigenvalue weighted by atomic mass is 10.4. The molecule has 0 unspecified atom stereocenters. The Labute approximate surface area is 115 Å². The molecule has 0 aliphatic rings. The van der Waals surface area contributed by atoms with E-state index in [1.807, 2.05) is 6.92 Å². The van der Waals surface area contributed by atoms with Crippen molar-refractivity contribution >= 4 is 27.7 Å². The number of aromatic nitrogens is 2. The van der Waals surface area contributed by atoms with Crippen LogP contribution in [0.1, 0.15) is 12.6 Å². The van der Waals surface area contributed by atoms with E-state index in [9.17, 15) is 18.5 Å². The summed E-state index contributed by atoms with van der Waals surface area (Å²) in [4.78, 5) is 10.0. The molecule has 0 saturated heterocycles. The quantitative estimate of drug-likeness (QED) is 0.305. The molecule has 0 aliphatic carbocycles. The highest BCUT2D eigenvalue weighted by Crippen LogP contribution is 2.14. The molecular formula is C9H15N3O5S2. The zero-order valence-corrected chi connectivity index (χ0v) is 12.2. The molecule has 108 valence electrons. The molecule has 8 nitrogen and oxygen atoms in total. The molecule has 0 saturated carbocycles. The number of rotatable bonds is 8. The summed E-state index contributed by atoms with van der Waals surface area (Å²) in [5.74, 6) is 1.35. The molecule has 1 rings (SSSR count). The maximum absolute atomic E-state index is 10.9. The Morgan fingerprint density at radius 2 is 2.26 bits per heavy atom. The molecule has 0 fully saturated rings. The second-order valence-electron chi connectivity index (χ2n) is 3.64. The summed E-state index contributed by atoms with van der Waals surface area (Å²) in [6.45, 7) is 2.22. The van der Waals surface area contributed by atoms with E-state index in [0.717, 1.165) is 17.8 Å². The molecule has 0 aliphatic heterocycles. The summed E-state index contributed by atoms with van der Waals surface area (Å²) in [5, 5.41) is 14.5. The molecule has 19 heavy (non-hydrogen) atoms. The van der Waals surface area contributed by atoms with Gasteiger partial charge in [0.1, 0.15) is 6.61 Å². The number of nitrogens with zero attached hydrogens (tertiary/aromatic N) is 3.